The summed E-state index contributed by atoms with van der Waals surface area (Å²) in [5.74, 6) is 0. The number of aromatic nitrogens is 4. The van der Waals surface area contributed by atoms with Crippen molar-refractivity contribution in [3.05, 3.63) is 230 Å². The number of benzene rings is 8. The maximum Gasteiger partial charge on any atom is 0.0978 e. The first kappa shape index (κ1) is 38.1. The van der Waals surface area contributed by atoms with Crippen molar-refractivity contribution in [2.45, 2.75) is 6.92 Å². The molecule has 0 aliphatic heterocycles. The van der Waals surface area contributed by atoms with Crippen LogP contribution < -0.4 is 0 Å². The van der Waals surface area contributed by atoms with E-state index in [9.17, 15) is 0 Å². The second-order valence-corrected chi connectivity index (χ2v) is 16.5. The molecule has 65 heavy (non-hydrogen) atoms. The second-order valence-electron chi connectivity index (χ2n) is 16.5. The minimum Gasteiger partial charge on any atom is -0.309 e. The lowest BCUT2D eigenvalue weighted by Crippen LogP contribution is -1.99. The van der Waals surface area contributed by atoms with Crippen LogP contribution in [0.15, 0.2) is 219 Å². The fraction of sp³-hybridized carbons (Fsp3) is 0.0164. The third kappa shape index (κ3) is 6.30. The molecule has 0 radical (unpaired) electrons. The van der Waals surface area contributed by atoms with Gasteiger partial charge in [-0.15, -0.1) is 0 Å². The first-order valence-electron chi connectivity index (χ1n) is 22.1. The monoisotopic (exact) mass is 830 g/mol. The van der Waals surface area contributed by atoms with Crippen molar-refractivity contribution in [1.29, 1.82) is 0 Å². The number of fused-ring (bicyclic) bond motifs is 7. The minimum atomic E-state index is 0.857. The van der Waals surface area contributed by atoms with Crippen molar-refractivity contribution in [1.82, 2.24) is 19.1 Å². The molecule has 12 aromatic rings. The number of rotatable bonds is 8. The minimum absolute atomic E-state index is 0.857. The molecule has 8 aromatic carbocycles. The Morgan fingerprint density at radius 1 is 0.400 bits per heavy atom. The van der Waals surface area contributed by atoms with Gasteiger partial charge < -0.3 is 9.13 Å². The predicted octanol–water partition coefficient (Wildman–Crippen LogP) is 16.2. The highest BCUT2D eigenvalue weighted by Crippen LogP contribution is 2.41. The van der Waals surface area contributed by atoms with Crippen LogP contribution in [-0.4, -0.2) is 19.1 Å². The molecular formula is C61H42N4. The number of hydrogen-bond acceptors (Lipinski definition) is 2. The van der Waals surface area contributed by atoms with E-state index in [0.717, 1.165) is 94.7 Å². The summed E-state index contributed by atoms with van der Waals surface area (Å²) in [5.41, 5.74) is 17.8. The Kier molecular flexibility index (Phi) is 9.17. The van der Waals surface area contributed by atoms with Gasteiger partial charge in [0.15, 0.2) is 0 Å². The molecule has 0 aliphatic rings. The molecule has 0 unspecified atom stereocenters. The Hall–Kier alpha value is -8.60. The van der Waals surface area contributed by atoms with Gasteiger partial charge in [-0.3, -0.25) is 0 Å². The molecule has 0 spiro atoms. The van der Waals surface area contributed by atoms with Gasteiger partial charge in [0, 0.05) is 55.0 Å². The van der Waals surface area contributed by atoms with E-state index in [0.29, 0.717) is 0 Å². The lowest BCUT2D eigenvalue weighted by atomic mass is 9.93. The molecule has 4 aromatic heterocycles. The van der Waals surface area contributed by atoms with E-state index in [1.54, 1.807) is 0 Å². The fourth-order valence-corrected chi connectivity index (χ4v) is 9.90. The van der Waals surface area contributed by atoms with Gasteiger partial charge in [-0.1, -0.05) is 170 Å². The van der Waals surface area contributed by atoms with Crippen LogP contribution in [-0.2, 0) is 0 Å². The fourth-order valence-electron chi connectivity index (χ4n) is 9.90. The van der Waals surface area contributed by atoms with Crippen LogP contribution in [0.1, 0.15) is 18.2 Å². The summed E-state index contributed by atoms with van der Waals surface area (Å²) >= 11 is 0. The molecule has 12 rings (SSSR count). The Balaban J connectivity index is 1.11. The maximum absolute atomic E-state index is 5.63. The molecule has 0 saturated heterocycles. The van der Waals surface area contributed by atoms with E-state index >= 15 is 0 Å². The van der Waals surface area contributed by atoms with E-state index in [1.807, 2.05) is 6.08 Å². The van der Waals surface area contributed by atoms with Crippen molar-refractivity contribution in [2.75, 3.05) is 0 Å². The lowest BCUT2D eigenvalue weighted by Gasteiger charge is -2.16. The van der Waals surface area contributed by atoms with Crippen LogP contribution >= 0.6 is 0 Å². The Bertz CT molecular complexity index is 3800. The third-order valence-electron chi connectivity index (χ3n) is 12.8. The molecule has 4 heterocycles. The molecular weight excluding hydrogens is 789 g/mol. The first-order valence-corrected chi connectivity index (χ1v) is 22.1. The normalized spacial score (nSPS) is 11.8. The largest absolute Gasteiger partial charge is 0.309 e. The Morgan fingerprint density at radius 2 is 0.831 bits per heavy atom. The summed E-state index contributed by atoms with van der Waals surface area (Å²) in [5, 5.41) is 5.75. The first-order chi connectivity index (χ1) is 32.2. The molecule has 0 aliphatic carbocycles. The summed E-state index contributed by atoms with van der Waals surface area (Å²) in [4.78, 5) is 11.2. The molecule has 4 heteroatoms. The van der Waals surface area contributed by atoms with E-state index in [1.165, 1.54) is 27.2 Å². The molecule has 0 atom stereocenters. The zero-order valence-electron chi connectivity index (χ0n) is 35.9. The smallest absolute Gasteiger partial charge is 0.0978 e. The van der Waals surface area contributed by atoms with Crippen LogP contribution in [0, 0.1) is 0 Å². The van der Waals surface area contributed by atoms with Gasteiger partial charge in [0.25, 0.3) is 0 Å². The summed E-state index contributed by atoms with van der Waals surface area (Å²) in [7, 11) is 0. The Morgan fingerprint density at radius 3 is 1.32 bits per heavy atom. The van der Waals surface area contributed by atoms with E-state index in [2.05, 4.69) is 241 Å². The molecule has 4 nitrogen and oxygen atoms in total. The quantitative estimate of drug-likeness (QED) is 0.143. The molecule has 0 bridgehead atoms. The number of pyridine rings is 2. The van der Waals surface area contributed by atoms with Gasteiger partial charge in [0.05, 0.1) is 44.7 Å². The zero-order valence-corrected chi connectivity index (χ0v) is 35.9. The molecule has 0 N–H and O–H groups in total. The SMILES string of the molecule is C=Cc1c(C=CC)c2ccccc2n1-c1cccc(-c2cc(-c3ccccc3)c3ccc4c(-c5ccccc5)cc(-c5cccc(-n6c7ccccc7c7ccccc76)c5)nc4c3n2)c1. The summed E-state index contributed by atoms with van der Waals surface area (Å²) in [6, 6.07) is 73.7. The van der Waals surface area contributed by atoms with Crippen LogP contribution in [0.3, 0.4) is 0 Å². The van der Waals surface area contributed by atoms with Gasteiger partial charge >= 0.3 is 0 Å². The third-order valence-corrected chi connectivity index (χ3v) is 12.8. The summed E-state index contributed by atoms with van der Waals surface area (Å²) in [6.45, 7) is 6.33. The van der Waals surface area contributed by atoms with E-state index < -0.39 is 0 Å². The molecule has 0 fully saturated rings. The topological polar surface area (TPSA) is 35.6 Å². The highest BCUT2D eigenvalue weighted by atomic mass is 15.0. The van der Waals surface area contributed by atoms with Crippen LogP contribution in [0.2, 0.25) is 0 Å². The number of nitrogens with zero attached hydrogens (tertiary/aromatic N) is 4. The van der Waals surface area contributed by atoms with Crippen molar-refractivity contribution in [2.24, 2.45) is 0 Å². The standard InChI is InChI=1S/C61H42N4/c1-3-19-46-47-28-11-14-31-57(47)64(56(46)4-2)44-26-17-24-42(36-44)54-38-52(40-20-7-5-8-21-40)50-34-35-51-53(41-22-9-6-10-23-41)39-55(63-61(51)60(50)62-54)43-25-18-27-45(37-43)65-58-32-15-12-29-48(58)49-30-13-16-33-59(49)65/h3-39H,2H2,1H3. The summed E-state index contributed by atoms with van der Waals surface area (Å²) < 4.78 is 4.68. The van der Waals surface area contributed by atoms with Crippen molar-refractivity contribution in [3.63, 3.8) is 0 Å². The zero-order chi connectivity index (χ0) is 43.4. The Labute approximate surface area is 377 Å². The van der Waals surface area contributed by atoms with Gasteiger partial charge in [-0.25, -0.2) is 9.97 Å². The average Bonchev–Trinajstić information content (AvgIpc) is 3.88. The number of hydrogen-bond donors (Lipinski definition) is 0. The average molecular weight is 831 g/mol. The van der Waals surface area contributed by atoms with E-state index in [4.69, 9.17) is 9.97 Å². The molecule has 0 saturated carbocycles. The lowest BCUT2D eigenvalue weighted by molar-refractivity contribution is 1.11. The predicted molar refractivity (Wildman–Crippen MR) is 275 cm³/mol. The summed E-state index contributed by atoms with van der Waals surface area (Å²) in [6.07, 6.45) is 6.23. The maximum atomic E-state index is 5.63. The van der Waals surface area contributed by atoms with Crippen LogP contribution in [0.25, 0.3) is 123 Å². The van der Waals surface area contributed by atoms with Crippen LogP contribution in [0.4, 0.5) is 0 Å². The number of allylic oxidation sites excluding steroid dienone is 1. The second kappa shape index (κ2) is 15.6. The van der Waals surface area contributed by atoms with Crippen molar-refractivity contribution < 1.29 is 0 Å². The van der Waals surface area contributed by atoms with Crippen LogP contribution in [0.5, 0.6) is 0 Å². The van der Waals surface area contributed by atoms with Gasteiger partial charge in [-0.2, -0.15) is 0 Å². The highest BCUT2D eigenvalue weighted by Gasteiger charge is 2.20. The van der Waals surface area contributed by atoms with Gasteiger partial charge in [0.1, 0.15) is 0 Å². The highest BCUT2D eigenvalue weighted by molar-refractivity contribution is 6.14. The molecule has 0 amide bonds. The van der Waals surface area contributed by atoms with Crippen molar-refractivity contribution >= 4 is 66.7 Å². The van der Waals surface area contributed by atoms with E-state index in [-0.39, 0.29) is 0 Å². The number of para-hydroxylation sites is 3. The van der Waals surface area contributed by atoms with Crippen molar-refractivity contribution in [3.8, 4) is 56.1 Å². The van der Waals surface area contributed by atoms with Gasteiger partial charge in [-0.05, 0) is 89.9 Å². The van der Waals surface area contributed by atoms with Gasteiger partial charge in [0.2, 0.25) is 0 Å². The molecule has 306 valence electrons.